The molecule has 0 saturated heterocycles. The van der Waals surface area contributed by atoms with Crippen LogP contribution in [-0.2, 0) is 9.59 Å². The molecule has 0 aromatic heterocycles. The number of amides is 2. The molecule has 0 aromatic carbocycles. The van der Waals surface area contributed by atoms with Gasteiger partial charge in [-0.05, 0) is 6.92 Å². The van der Waals surface area contributed by atoms with E-state index in [0.29, 0.717) is 0 Å². The first-order valence-electron chi connectivity index (χ1n) is 3.64. The molecule has 0 rings (SSSR count). The van der Waals surface area contributed by atoms with Crippen LogP contribution in [0.4, 0.5) is 0 Å². The molecule has 12 heavy (non-hydrogen) atoms. The lowest BCUT2D eigenvalue weighted by Crippen LogP contribution is -2.47. The quantitative estimate of drug-likeness (QED) is 0.429. The third-order valence-corrected chi connectivity index (χ3v) is 4.17. The highest BCUT2D eigenvalue weighted by Crippen LogP contribution is 1.93. The van der Waals surface area contributed by atoms with Crippen LogP contribution in [0, 0.1) is 0 Å². The number of nitrogens with zero attached hydrogens (tertiary/aromatic N) is 2. The van der Waals surface area contributed by atoms with Crippen molar-refractivity contribution < 1.29 is 9.59 Å². The van der Waals surface area contributed by atoms with Crippen LogP contribution in [0.25, 0.3) is 0 Å². The standard InChI is InChI=1S/C7H14N2O2Si/c1-4-5-12(8(2)6-10)9(3)7-11/h4-7,12H,1-3H3. The summed E-state index contributed by atoms with van der Waals surface area (Å²) in [6.07, 6.45) is 3.35. The highest BCUT2D eigenvalue weighted by Gasteiger charge is 2.16. The van der Waals surface area contributed by atoms with Gasteiger partial charge in [0.2, 0.25) is 12.8 Å². The highest BCUT2D eigenvalue weighted by molar-refractivity contribution is 6.62. The topological polar surface area (TPSA) is 40.6 Å². The SMILES string of the molecule is CC=C[SiH](N(C)C=O)N(C)C=O. The van der Waals surface area contributed by atoms with E-state index in [1.54, 1.807) is 23.2 Å². The van der Waals surface area contributed by atoms with Gasteiger partial charge in [-0.2, -0.15) is 0 Å². The first-order valence-corrected chi connectivity index (χ1v) is 5.34. The molecule has 0 atom stereocenters. The van der Waals surface area contributed by atoms with Gasteiger partial charge in [0.05, 0.1) is 0 Å². The molecule has 0 fully saturated rings. The van der Waals surface area contributed by atoms with E-state index in [-0.39, 0.29) is 0 Å². The van der Waals surface area contributed by atoms with Crippen molar-refractivity contribution in [1.82, 2.24) is 9.13 Å². The summed E-state index contributed by atoms with van der Waals surface area (Å²) < 4.78 is 3.10. The van der Waals surface area contributed by atoms with Crippen LogP contribution in [0.5, 0.6) is 0 Å². The number of rotatable bonds is 5. The summed E-state index contributed by atoms with van der Waals surface area (Å²) in [4.78, 5) is 20.9. The van der Waals surface area contributed by atoms with E-state index >= 15 is 0 Å². The van der Waals surface area contributed by atoms with Crippen LogP contribution < -0.4 is 0 Å². The molecule has 2 amide bonds. The van der Waals surface area contributed by atoms with Gasteiger partial charge in [0.15, 0.2) is 0 Å². The first kappa shape index (κ1) is 10.9. The lowest BCUT2D eigenvalue weighted by atomic mass is 10.8. The van der Waals surface area contributed by atoms with Crippen molar-refractivity contribution in [1.29, 1.82) is 0 Å². The Morgan fingerprint density at radius 1 is 1.08 bits per heavy atom. The lowest BCUT2D eigenvalue weighted by molar-refractivity contribution is -0.115. The molecular formula is C7H14N2O2Si. The van der Waals surface area contributed by atoms with Gasteiger partial charge in [-0.3, -0.25) is 9.59 Å². The van der Waals surface area contributed by atoms with Crippen LogP contribution in [0.1, 0.15) is 6.92 Å². The summed E-state index contributed by atoms with van der Waals surface area (Å²) in [6, 6.07) is 0. The van der Waals surface area contributed by atoms with E-state index in [2.05, 4.69) is 0 Å². The van der Waals surface area contributed by atoms with E-state index in [0.717, 1.165) is 12.8 Å². The maximum absolute atomic E-state index is 10.4. The lowest BCUT2D eigenvalue weighted by Gasteiger charge is -2.25. The van der Waals surface area contributed by atoms with Crippen LogP contribution >= 0.6 is 0 Å². The summed E-state index contributed by atoms with van der Waals surface area (Å²) in [5.41, 5.74) is 1.91. The predicted molar refractivity (Wildman–Crippen MR) is 49.6 cm³/mol. The fourth-order valence-electron chi connectivity index (χ4n) is 0.856. The average molecular weight is 186 g/mol. The zero-order valence-corrected chi connectivity index (χ0v) is 8.75. The van der Waals surface area contributed by atoms with Gasteiger partial charge in [-0.15, -0.1) is 0 Å². The zero-order valence-electron chi connectivity index (χ0n) is 7.60. The average Bonchev–Trinajstić information content (AvgIpc) is 2.11. The molecule has 68 valence electrons. The summed E-state index contributed by atoms with van der Waals surface area (Å²) in [5, 5.41) is 0. The van der Waals surface area contributed by atoms with Gasteiger partial charge < -0.3 is 9.13 Å². The van der Waals surface area contributed by atoms with Gasteiger partial charge in [-0.25, -0.2) is 0 Å². The maximum atomic E-state index is 10.4. The fourth-order valence-corrected chi connectivity index (χ4v) is 2.57. The molecule has 0 spiro atoms. The van der Waals surface area contributed by atoms with Gasteiger partial charge >= 0.3 is 0 Å². The molecule has 4 nitrogen and oxygen atoms in total. The maximum Gasteiger partial charge on any atom is 0.277 e. The summed E-state index contributed by atoms with van der Waals surface area (Å²) >= 11 is 0. The molecular weight excluding hydrogens is 172 g/mol. The molecule has 0 aliphatic heterocycles. The van der Waals surface area contributed by atoms with Crippen molar-refractivity contribution in [2.75, 3.05) is 14.1 Å². The zero-order chi connectivity index (χ0) is 9.56. The third kappa shape index (κ3) is 2.87. The third-order valence-electron chi connectivity index (χ3n) is 1.53. The Balaban J connectivity index is 4.40. The molecule has 0 unspecified atom stereocenters. The second-order valence-electron chi connectivity index (χ2n) is 2.48. The smallest absolute Gasteiger partial charge is 0.277 e. The molecule has 5 heteroatoms. The largest absolute Gasteiger partial charge is 0.356 e. The van der Waals surface area contributed by atoms with E-state index < -0.39 is 9.12 Å². The minimum absolute atomic E-state index is 0.747. The summed E-state index contributed by atoms with van der Waals surface area (Å²) in [5.74, 6) is 0. The van der Waals surface area contributed by atoms with Crippen molar-refractivity contribution in [3.05, 3.63) is 11.8 Å². The molecule has 0 radical (unpaired) electrons. The van der Waals surface area contributed by atoms with E-state index in [4.69, 9.17) is 0 Å². The van der Waals surface area contributed by atoms with Gasteiger partial charge in [0.1, 0.15) is 0 Å². The Morgan fingerprint density at radius 2 is 1.50 bits per heavy atom. The number of allylic oxidation sites excluding steroid dienone is 1. The summed E-state index contributed by atoms with van der Waals surface area (Å²) in [6.45, 7) is 1.87. The molecule has 0 heterocycles. The number of carbonyl (C=O) groups is 2. The van der Waals surface area contributed by atoms with Crippen LogP contribution in [0.15, 0.2) is 11.8 Å². The van der Waals surface area contributed by atoms with Crippen LogP contribution in [0.3, 0.4) is 0 Å². The molecule has 0 bridgehead atoms. The number of hydrogen-bond donors (Lipinski definition) is 0. The Morgan fingerprint density at radius 3 is 1.75 bits per heavy atom. The van der Waals surface area contributed by atoms with Crippen LogP contribution in [-0.4, -0.2) is 45.2 Å². The summed E-state index contributed by atoms with van der Waals surface area (Å²) in [7, 11) is 1.70. The Kier molecular flexibility index (Phi) is 5.03. The second kappa shape index (κ2) is 5.53. The Labute approximate surface area is 74.2 Å². The molecule has 0 aliphatic rings. The van der Waals surface area contributed by atoms with Crippen LogP contribution in [0.2, 0.25) is 0 Å². The predicted octanol–water partition coefficient (Wildman–Crippen LogP) is -0.501. The van der Waals surface area contributed by atoms with Crippen molar-refractivity contribution in [3.63, 3.8) is 0 Å². The van der Waals surface area contributed by atoms with Gasteiger partial charge in [0, 0.05) is 14.1 Å². The minimum atomic E-state index is -1.67. The Hall–Kier alpha value is -1.10. The van der Waals surface area contributed by atoms with Crippen molar-refractivity contribution in [2.45, 2.75) is 6.92 Å². The molecule has 0 aromatic rings. The molecule has 0 saturated carbocycles. The molecule has 0 N–H and O–H groups in total. The minimum Gasteiger partial charge on any atom is -0.356 e. The van der Waals surface area contributed by atoms with E-state index in [9.17, 15) is 9.59 Å². The highest BCUT2D eigenvalue weighted by atomic mass is 28.3. The normalized spacial score (nSPS) is 10.3. The fraction of sp³-hybridized carbons (Fsp3) is 0.429. The Bertz CT molecular complexity index is 170. The number of carbonyl (C=O) groups excluding carboxylic acids is 2. The van der Waals surface area contributed by atoms with Crippen molar-refractivity contribution >= 4 is 21.9 Å². The van der Waals surface area contributed by atoms with Gasteiger partial charge in [0.25, 0.3) is 9.12 Å². The first-order chi connectivity index (χ1) is 5.67. The number of hydrogen-bond acceptors (Lipinski definition) is 2. The second-order valence-corrected chi connectivity index (χ2v) is 5.32. The van der Waals surface area contributed by atoms with Crippen molar-refractivity contribution in [3.8, 4) is 0 Å². The van der Waals surface area contributed by atoms with Crippen molar-refractivity contribution in [2.24, 2.45) is 0 Å². The van der Waals surface area contributed by atoms with E-state index in [1.165, 1.54) is 0 Å². The monoisotopic (exact) mass is 186 g/mol. The van der Waals surface area contributed by atoms with Gasteiger partial charge in [-0.1, -0.05) is 11.8 Å². The molecule has 0 aliphatic carbocycles. The van der Waals surface area contributed by atoms with E-state index in [1.807, 2.05) is 18.7 Å².